The van der Waals surface area contributed by atoms with E-state index in [1.165, 1.54) is 0 Å². The molecule has 1 fully saturated rings. The van der Waals surface area contributed by atoms with Gasteiger partial charge in [0.05, 0.1) is 6.61 Å². The van der Waals surface area contributed by atoms with Crippen molar-refractivity contribution in [1.29, 1.82) is 0 Å². The Morgan fingerprint density at radius 1 is 1.47 bits per heavy atom. The molecule has 104 valence electrons. The Hall–Kier alpha value is -1.62. The Balaban J connectivity index is 1.98. The van der Waals surface area contributed by atoms with Crippen LogP contribution < -0.4 is 15.8 Å². The smallest absolute Gasteiger partial charge is 0.237 e. The SMILES string of the molecule is CCOc1ncccc1NC(=O)C1CCC(N)CC1. The zero-order chi connectivity index (χ0) is 13.7. The number of ether oxygens (including phenoxy) is 1. The summed E-state index contributed by atoms with van der Waals surface area (Å²) < 4.78 is 5.40. The summed E-state index contributed by atoms with van der Waals surface area (Å²) in [5.74, 6) is 0.571. The highest BCUT2D eigenvalue weighted by atomic mass is 16.5. The number of aromatic nitrogens is 1. The maximum atomic E-state index is 12.2. The second-order valence-electron chi connectivity index (χ2n) is 4.89. The van der Waals surface area contributed by atoms with Crippen LogP contribution in [0.1, 0.15) is 32.6 Å². The van der Waals surface area contributed by atoms with Crippen LogP contribution in [0.15, 0.2) is 18.3 Å². The van der Waals surface area contributed by atoms with Crippen LogP contribution in [0.3, 0.4) is 0 Å². The lowest BCUT2D eigenvalue weighted by molar-refractivity contribution is -0.120. The van der Waals surface area contributed by atoms with Gasteiger partial charge in [-0.15, -0.1) is 0 Å². The van der Waals surface area contributed by atoms with Gasteiger partial charge in [0.15, 0.2) is 0 Å². The van der Waals surface area contributed by atoms with E-state index in [-0.39, 0.29) is 17.9 Å². The zero-order valence-electron chi connectivity index (χ0n) is 11.3. The Kier molecular flexibility index (Phi) is 4.74. The lowest BCUT2D eigenvalue weighted by atomic mass is 9.86. The molecule has 2 rings (SSSR count). The van der Waals surface area contributed by atoms with Crippen molar-refractivity contribution in [3.8, 4) is 5.88 Å². The third-order valence-corrected chi connectivity index (χ3v) is 3.45. The van der Waals surface area contributed by atoms with Crippen LogP contribution in [0, 0.1) is 5.92 Å². The molecule has 5 heteroatoms. The molecule has 0 unspecified atom stereocenters. The van der Waals surface area contributed by atoms with Gasteiger partial charge in [0.1, 0.15) is 5.69 Å². The van der Waals surface area contributed by atoms with Crippen molar-refractivity contribution in [3.63, 3.8) is 0 Å². The van der Waals surface area contributed by atoms with Crippen LogP contribution in [0.4, 0.5) is 5.69 Å². The Labute approximate surface area is 113 Å². The predicted octanol–water partition coefficient (Wildman–Crippen LogP) is 1.94. The summed E-state index contributed by atoms with van der Waals surface area (Å²) in [6.45, 7) is 2.42. The maximum Gasteiger partial charge on any atom is 0.237 e. The van der Waals surface area contributed by atoms with E-state index < -0.39 is 0 Å². The lowest BCUT2D eigenvalue weighted by Gasteiger charge is -2.25. The fraction of sp³-hybridized carbons (Fsp3) is 0.571. The fourth-order valence-corrected chi connectivity index (χ4v) is 2.35. The van der Waals surface area contributed by atoms with Crippen LogP contribution in [0.25, 0.3) is 0 Å². The van der Waals surface area contributed by atoms with E-state index in [1.54, 1.807) is 12.3 Å². The van der Waals surface area contributed by atoms with Gasteiger partial charge >= 0.3 is 0 Å². The average Bonchev–Trinajstić information content (AvgIpc) is 2.42. The van der Waals surface area contributed by atoms with Crippen molar-refractivity contribution >= 4 is 11.6 Å². The number of carbonyl (C=O) groups is 1. The van der Waals surface area contributed by atoms with Crippen molar-refractivity contribution in [1.82, 2.24) is 4.98 Å². The fourth-order valence-electron chi connectivity index (χ4n) is 2.35. The predicted molar refractivity (Wildman–Crippen MR) is 74.0 cm³/mol. The highest BCUT2D eigenvalue weighted by molar-refractivity contribution is 5.93. The number of nitrogens with zero attached hydrogens (tertiary/aromatic N) is 1. The monoisotopic (exact) mass is 263 g/mol. The lowest BCUT2D eigenvalue weighted by Crippen LogP contribution is -2.32. The Morgan fingerprint density at radius 2 is 2.21 bits per heavy atom. The second-order valence-corrected chi connectivity index (χ2v) is 4.89. The minimum atomic E-state index is 0.0425. The third kappa shape index (κ3) is 3.67. The minimum absolute atomic E-state index is 0.0425. The van der Waals surface area contributed by atoms with Crippen molar-refractivity contribution in [2.24, 2.45) is 11.7 Å². The van der Waals surface area contributed by atoms with Gasteiger partial charge in [-0.3, -0.25) is 4.79 Å². The molecular formula is C14H21N3O2. The summed E-state index contributed by atoms with van der Waals surface area (Å²) in [6.07, 6.45) is 5.21. The van der Waals surface area contributed by atoms with Gasteiger partial charge in [-0.1, -0.05) is 0 Å². The molecule has 1 aromatic rings. The number of hydrogen-bond donors (Lipinski definition) is 2. The largest absolute Gasteiger partial charge is 0.476 e. The topological polar surface area (TPSA) is 77.2 Å². The quantitative estimate of drug-likeness (QED) is 0.870. The number of carbonyl (C=O) groups excluding carboxylic acids is 1. The van der Waals surface area contributed by atoms with Gasteiger partial charge in [-0.05, 0) is 44.7 Å². The molecule has 1 amide bonds. The van der Waals surface area contributed by atoms with Crippen LogP contribution >= 0.6 is 0 Å². The van der Waals surface area contributed by atoms with Crippen LogP contribution in [0.2, 0.25) is 0 Å². The van der Waals surface area contributed by atoms with E-state index in [0.717, 1.165) is 25.7 Å². The minimum Gasteiger partial charge on any atom is -0.476 e. The second kappa shape index (κ2) is 6.52. The number of rotatable bonds is 4. The van der Waals surface area contributed by atoms with E-state index in [1.807, 2.05) is 13.0 Å². The molecule has 0 saturated heterocycles. The normalized spacial score (nSPS) is 22.8. The van der Waals surface area contributed by atoms with Crippen LogP contribution in [-0.4, -0.2) is 23.5 Å². The molecule has 5 nitrogen and oxygen atoms in total. The number of nitrogens with two attached hydrogens (primary N) is 1. The summed E-state index contributed by atoms with van der Waals surface area (Å²) in [4.78, 5) is 16.3. The van der Waals surface area contributed by atoms with Gasteiger partial charge in [0.2, 0.25) is 11.8 Å². The van der Waals surface area contributed by atoms with Gasteiger partial charge < -0.3 is 15.8 Å². The molecular weight excluding hydrogens is 242 g/mol. The van der Waals surface area contributed by atoms with Gasteiger partial charge in [0.25, 0.3) is 0 Å². The molecule has 0 atom stereocenters. The molecule has 1 aliphatic rings. The number of pyridine rings is 1. The van der Waals surface area contributed by atoms with E-state index in [9.17, 15) is 4.79 Å². The molecule has 1 heterocycles. The third-order valence-electron chi connectivity index (χ3n) is 3.45. The van der Waals surface area contributed by atoms with E-state index in [0.29, 0.717) is 18.2 Å². The van der Waals surface area contributed by atoms with Crippen molar-refractivity contribution in [3.05, 3.63) is 18.3 Å². The van der Waals surface area contributed by atoms with Crippen molar-refractivity contribution in [2.45, 2.75) is 38.6 Å². The van der Waals surface area contributed by atoms with Crippen LogP contribution in [0.5, 0.6) is 5.88 Å². The number of hydrogen-bond acceptors (Lipinski definition) is 4. The number of nitrogens with one attached hydrogen (secondary N) is 1. The first kappa shape index (κ1) is 13.8. The average molecular weight is 263 g/mol. The van der Waals surface area contributed by atoms with Crippen LogP contribution in [-0.2, 0) is 4.79 Å². The van der Waals surface area contributed by atoms with Gasteiger partial charge in [-0.2, -0.15) is 0 Å². The number of amides is 1. The maximum absolute atomic E-state index is 12.2. The van der Waals surface area contributed by atoms with Crippen molar-refractivity contribution in [2.75, 3.05) is 11.9 Å². The van der Waals surface area contributed by atoms with Gasteiger partial charge in [0, 0.05) is 18.2 Å². The molecule has 0 aromatic carbocycles. The molecule has 0 aliphatic heterocycles. The molecule has 0 bridgehead atoms. The summed E-state index contributed by atoms with van der Waals surface area (Å²) in [7, 11) is 0. The first-order chi connectivity index (χ1) is 9.20. The molecule has 1 aromatic heterocycles. The highest BCUT2D eigenvalue weighted by Crippen LogP contribution is 2.26. The molecule has 1 aliphatic carbocycles. The summed E-state index contributed by atoms with van der Waals surface area (Å²) >= 11 is 0. The Morgan fingerprint density at radius 3 is 2.89 bits per heavy atom. The highest BCUT2D eigenvalue weighted by Gasteiger charge is 2.25. The molecule has 0 radical (unpaired) electrons. The zero-order valence-corrected chi connectivity index (χ0v) is 11.3. The molecule has 3 N–H and O–H groups in total. The van der Waals surface area contributed by atoms with Gasteiger partial charge in [-0.25, -0.2) is 4.98 Å². The van der Waals surface area contributed by atoms with Crippen molar-refractivity contribution < 1.29 is 9.53 Å². The Bertz CT molecular complexity index is 428. The summed E-state index contributed by atoms with van der Waals surface area (Å²) in [5.41, 5.74) is 6.49. The van der Waals surface area contributed by atoms with E-state index in [4.69, 9.17) is 10.5 Å². The molecule has 1 saturated carbocycles. The molecule has 0 spiro atoms. The summed E-state index contributed by atoms with van der Waals surface area (Å²) in [5, 5.41) is 2.91. The van der Waals surface area contributed by atoms with E-state index in [2.05, 4.69) is 10.3 Å². The van der Waals surface area contributed by atoms with E-state index >= 15 is 0 Å². The standard InChI is InChI=1S/C14H21N3O2/c1-2-19-14-12(4-3-9-16-14)17-13(18)10-5-7-11(15)8-6-10/h3-4,9-11H,2,5-8,15H2,1H3,(H,17,18). The first-order valence-corrected chi connectivity index (χ1v) is 6.85. The molecule has 19 heavy (non-hydrogen) atoms. The number of anilines is 1. The first-order valence-electron chi connectivity index (χ1n) is 6.85. The summed E-state index contributed by atoms with van der Waals surface area (Å²) in [6, 6.07) is 3.85.